The van der Waals surface area contributed by atoms with Crippen LogP contribution in [0.5, 0.6) is 0 Å². The van der Waals surface area contributed by atoms with E-state index in [1.54, 1.807) is 0 Å². The Morgan fingerprint density at radius 3 is 3.00 bits per heavy atom. The number of aryl methyl sites for hydroxylation is 2. The van der Waals surface area contributed by atoms with Gasteiger partial charge in [-0.2, -0.15) is 0 Å². The molecule has 3 heterocycles. The molecule has 0 bridgehead atoms. The van der Waals surface area contributed by atoms with Gasteiger partial charge >= 0.3 is 0 Å². The highest BCUT2D eigenvalue weighted by Crippen LogP contribution is 2.23. The molecule has 0 atom stereocenters. The van der Waals surface area contributed by atoms with E-state index in [1.165, 1.54) is 23.8 Å². The number of hydrogen-bond donors (Lipinski definition) is 1. The molecule has 0 radical (unpaired) electrons. The molecule has 0 spiro atoms. The summed E-state index contributed by atoms with van der Waals surface area (Å²) in [5.74, 6) is 0. The van der Waals surface area contributed by atoms with E-state index in [2.05, 4.69) is 36.7 Å². The second-order valence-electron chi connectivity index (χ2n) is 5.68. The summed E-state index contributed by atoms with van der Waals surface area (Å²) in [4.78, 5) is 8.64. The summed E-state index contributed by atoms with van der Waals surface area (Å²) < 4.78 is 4.34. The number of hydrogen-bond acceptors (Lipinski definition) is 3. The first-order valence-corrected chi connectivity index (χ1v) is 7.52. The van der Waals surface area contributed by atoms with Crippen LogP contribution in [0.25, 0.3) is 11.0 Å². The number of imidazole rings is 1. The van der Waals surface area contributed by atoms with E-state index in [1.807, 2.05) is 31.0 Å². The predicted molar refractivity (Wildman–Crippen MR) is 81.8 cm³/mol. The van der Waals surface area contributed by atoms with Gasteiger partial charge in [0.05, 0.1) is 6.33 Å². The fourth-order valence-corrected chi connectivity index (χ4v) is 2.69. The van der Waals surface area contributed by atoms with Gasteiger partial charge in [0.15, 0.2) is 0 Å². The monoisotopic (exact) mass is 281 g/mol. The molecule has 1 fully saturated rings. The van der Waals surface area contributed by atoms with Crippen molar-refractivity contribution in [1.82, 2.24) is 24.4 Å². The van der Waals surface area contributed by atoms with Gasteiger partial charge in [-0.25, -0.2) is 9.97 Å². The first-order chi connectivity index (χ1) is 10.4. The molecule has 1 aliphatic carbocycles. The van der Waals surface area contributed by atoms with E-state index in [4.69, 9.17) is 0 Å². The largest absolute Gasteiger partial charge is 0.336 e. The van der Waals surface area contributed by atoms with Crippen LogP contribution in [-0.2, 0) is 19.6 Å². The number of pyridine rings is 1. The fraction of sp³-hybridized carbons (Fsp3) is 0.375. The van der Waals surface area contributed by atoms with Crippen molar-refractivity contribution >= 4 is 11.0 Å². The van der Waals surface area contributed by atoms with E-state index in [0.717, 1.165) is 31.3 Å². The lowest BCUT2D eigenvalue weighted by atomic mass is 10.2. The highest BCUT2D eigenvalue weighted by molar-refractivity contribution is 5.80. The molecular formula is C16H19N5. The summed E-state index contributed by atoms with van der Waals surface area (Å²) in [6.07, 6.45) is 12.4. The molecule has 3 aromatic heterocycles. The first-order valence-electron chi connectivity index (χ1n) is 7.52. The molecule has 1 N–H and O–H groups in total. The molecule has 21 heavy (non-hydrogen) atoms. The predicted octanol–water partition coefficient (Wildman–Crippen LogP) is 2.18. The maximum atomic E-state index is 4.55. The average Bonchev–Trinajstić information content (AvgIpc) is 3.08. The van der Waals surface area contributed by atoms with Gasteiger partial charge in [0.2, 0.25) is 0 Å². The lowest BCUT2D eigenvalue weighted by Crippen LogP contribution is -2.15. The summed E-state index contributed by atoms with van der Waals surface area (Å²) in [5, 5.41) is 4.85. The maximum absolute atomic E-state index is 4.55. The molecular weight excluding hydrogens is 262 g/mol. The zero-order valence-electron chi connectivity index (χ0n) is 11.9. The Bertz CT molecular complexity index is 724. The molecule has 0 amide bonds. The van der Waals surface area contributed by atoms with Gasteiger partial charge in [-0.05, 0) is 30.5 Å². The van der Waals surface area contributed by atoms with Gasteiger partial charge < -0.3 is 14.5 Å². The first kappa shape index (κ1) is 12.6. The Morgan fingerprint density at radius 1 is 1.24 bits per heavy atom. The van der Waals surface area contributed by atoms with Gasteiger partial charge in [-0.1, -0.05) is 0 Å². The molecule has 4 rings (SSSR count). The molecule has 1 saturated carbocycles. The third-order valence-corrected chi connectivity index (χ3v) is 4.03. The molecule has 1 aliphatic rings. The molecule has 5 nitrogen and oxygen atoms in total. The van der Waals surface area contributed by atoms with Crippen molar-refractivity contribution < 1.29 is 0 Å². The van der Waals surface area contributed by atoms with E-state index in [9.17, 15) is 0 Å². The molecule has 0 aliphatic heterocycles. The van der Waals surface area contributed by atoms with Crippen LogP contribution in [0.4, 0.5) is 0 Å². The second-order valence-corrected chi connectivity index (χ2v) is 5.68. The summed E-state index contributed by atoms with van der Waals surface area (Å²) in [7, 11) is 0. The van der Waals surface area contributed by atoms with Crippen LogP contribution >= 0.6 is 0 Å². The minimum atomic E-state index is 0.728. The van der Waals surface area contributed by atoms with Crippen LogP contribution in [0.1, 0.15) is 18.4 Å². The van der Waals surface area contributed by atoms with Crippen molar-refractivity contribution in [1.29, 1.82) is 0 Å². The maximum Gasteiger partial charge on any atom is 0.140 e. The minimum absolute atomic E-state index is 0.728. The third-order valence-electron chi connectivity index (χ3n) is 4.03. The Hall–Kier alpha value is -2.14. The van der Waals surface area contributed by atoms with Crippen LogP contribution < -0.4 is 5.32 Å². The van der Waals surface area contributed by atoms with Crippen molar-refractivity contribution in [2.45, 2.75) is 38.5 Å². The van der Waals surface area contributed by atoms with Gasteiger partial charge in [-0.15, -0.1) is 0 Å². The van der Waals surface area contributed by atoms with Crippen LogP contribution in [0.2, 0.25) is 0 Å². The number of aromatic nitrogens is 4. The molecule has 0 aromatic carbocycles. The Kier molecular flexibility index (Phi) is 3.20. The molecule has 5 heteroatoms. The van der Waals surface area contributed by atoms with Crippen LogP contribution in [0, 0.1) is 0 Å². The Balaban J connectivity index is 1.58. The van der Waals surface area contributed by atoms with E-state index < -0.39 is 0 Å². The molecule has 3 aromatic rings. The van der Waals surface area contributed by atoms with E-state index in [0.29, 0.717) is 0 Å². The van der Waals surface area contributed by atoms with Gasteiger partial charge in [0, 0.05) is 55.8 Å². The van der Waals surface area contributed by atoms with Crippen LogP contribution in [-0.4, -0.2) is 25.1 Å². The summed E-state index contributed by atoms with van der Waals surface area (Å²) in [6.45, 7) is 2.76. The summed E-state index contributed by atoms with van der Waals surface area (Å²) >= 11 is 0. The zero-order valence-corrected chi connectivity index (χ0v) is 11.9. The topological polar surface area (TPSA) is 47.7 Å². The lowest BCUT2D eigenvalue weighted by Gasteiger charge is -2.05. The smallest absolute Gasteiger partial charge is 0.140 e. The van der Waals surface area contributed by atoms with Crippen LogP contribution in [0.3, 0.4) is 0 Å². The summed E-state index contributed by atoms with van der Waals surface area (Å²) in [6, 6.07) is 4.91. The number of rotatable bonds is 6. The minimum Gasteiger partial charge on any atom is -0.336 e. The normalized spacial score (nSPS) is 14.9. The van der Waals surface area contributed by atoms with E-state index >= 15 is 0 Å². The molecule has 0 saturated heterocycles. The van der Waals surface area contributed by atoms with Gasteiger partial charge in [0.1, 0.15) is 5.65 Å². The number of fused-ring (bicyclic) bond motifs is 1. The fourth-order valence-electron chi connectivity index (χ4n) is 2.69. The van der Waals surface area contributed by atoms with Gasteiger partial charge in [0.25, 0.3) is 0 Å². The number of nitrogens with zero attached hydrogens (tertiary/aromatic N) is 4. The third kappa shape index (κ3) is 2.69. The van der Waals surface area contributed by atoms with Crippen molar-refractivity contribution in [2.75, 3.05) is 0 Å². The van der Waals surface area contributed by atoms with E-state index in [-0.39, 0.29) is 0 Å². The zero-order chi connectivity index (χ0) is 14.1. The van der Waals surface area contributed by atoms with Crippen molar-refractivity contribution in [3.63, 3.8) is 0 Å². The van der Waals surface area contributed by atoms with Gasteiger partial charge in [-0.3, -0.25) is 0 Å². The lowest BCUT2D eigenvalue weighted by molar-refractivity contribution is 0.586. The molecule has 0 unspecified atom stereocenters. The highest BCUT2D eigenvalue weighted by atomic mass is 15.1. The second kappa shape index (κ2) is 5.33. The van der Waals surface area contributed by atoms with Crippen molar-refractivity contribution in [2.24, 2.45) is 0 Å². The van der Waals surface area contributed by atoms with Crippen molar-refractivity contribution in [3.05, 3.63) is 48.8 Å². The quantitative estimate of drug-likeness (QED) is 0.753. The van der Waals surface area contributed by atoms with Crippen molar-refractivity contribution in [3.8, 4) is 0 Å². The summed E-state index contributed by atoms with van der Waals surface area (Å²) in [5.41, 5.74) is 2.42. The van der Waals surface area contributed by atoms with Crippen LogP contribution in [0.15, 0.2) is 43.2 Å². The Morgan fingerprint density at radius 2 is 2.19 bits per heavy atom. The standard InChI is InChI=1S/C16H19N5/c1-2-15-13(10-19-14-3-4-14)11-21(16(15)18-5-1)9-8-20-7-6-17-12-20/h1-2,5-7,11-12,14,19H,3-4,8-10H2. The Labute approximate surface area is 123 Å². The number of nitrogens with one attached hydrogen (secondary N) is 1. The highest BCUT2D eigenvalue weighted by Gasteiger charge is 2.21. The average molecular weight is 281 g/mol. The SMILES string of the molecule is c1cnc2c(c1)c(CNC1CC1)cn2CCn1ccnc1. The molecule has 108 valence electrons.